The van der Waals surface area contributed by atoms with E-state index in [1.165, 1.54) is 6.07 Å². The van der Waals surface area contributed by atoms with Gasteiger partial charge in [0.05, 0.1) is 4.90 Å². The maximum Gasteiger partial charge on any atom is 0.241 e. The first-order valence-corrected chi connectivity index (χ1v) is 8.28. The molecule has 1 aliphatic rings. The molecular formula is C15H24N2O2S. The van der Waals surface area contributed by atoms with Gasteiger partial charge in [-0.1, -0.05) is 27.7 Å². The Kier molecular flexibility index (Phi) is 3.23. The number of sulfonamides is 1. The number of benzene rings is 1. The number of hydrogen-bond acceptors (Lipinski definition) is 3. The van der Waals surface area contributed by atoms with Crippen molar-refractivity contribution < 1.29 is 8.42 Å². The van der Waals surface area contributed by atoms with Gasteiger partial charge in [-0.05, 0) is 47.9 Å². The molecule has 0 heterocycles. The molecule has 0 saturated heterocycles. The van der Waals surface area contributed by atoms with Crippen molar-refractivity contribution in [3.63, 3.8) is 0 Å². The van der Waals surface area contributed by atoms with Gasteiger partial charge in [-0.2, -0.15) is 0 Å². The van der Waals surface area contributed by atoms with Crippen LogP contribution in [0.5, 0.6) is 0 Å². The van der Waals surface area contributed by atoms with Gasteiger partial charge in [0, 0.05) is 11.7 Å². The fourth-order valence-corrected chi connectivity index (χ4v) is 4.72. The lowest BCUT2D eigenvalue weighted by Crippen LogP contribution is -2.30. The van der Waals surface area contributed by atoms with Gasteiger partial charge in [-0.3, -0.25) is 0 Å². The van der Waals surface area contributed by atoms with Gasteiger partial charge in [-0.15, -0.1) is 0 Å². The van der Waals surface area contributed by atoms with Crippen LogP contribution >= 0.6 is 0 Å². The summed E-state index contributed by atoms with van der Waals surface area (Å²) in [5.74, 6) is 0. The first-order chi connectivity index (χ1) is 8.91. The van der Waals surface area contributed by atoms with Gasteiger partial charge in [0.15, 0.2) is 0 Å². The van der Waals surface area contributed by atoms with Gasteiger partial charge in [-0.25, -0.2) is 13.1 Å². The summed E-state index contributed by atoms with van der Waals surface area (Å²) in [5.41, 5.74) is 7.83. The molecule has 0 amide bonds. The number of nitrogens with one attached hydrogen (secondary N) is 1. The monoisotopic (exact) mass is 296 g/mol. The number of rotatable bonds is 3. The molecule has 1 fully saturated rings. The number of aryl methyl sites for hydroxylation is 1. The number of nitrogens with two attached hydrogens (primary N) is 1. The van der Waals surface area contributed by atoms with Crippen molar-refractivity contribution in [3.8, 4) is 0 Å². The zero-order chi connectivity index (χ0) is 15.5. The predicted molar refractivity (Wildman–Crippen MR) is 82.0 cm³/mol. The van der Waals surface area contributed by atoms with Crippen LogP contribution in [-0.4, -0.2) is 14.5 Å². The molecule has 0 spiro atoms. The lowest BCUT2D eigenvalue weighted by Gasteiger charge is -2.13. The summed E-state index contributed by atoms with van der Waals surface area (Å²) in [4.78, 5) is 0.286. The third-order valence-electron chi connectivity index (χ3n) is 5.23. The maximum absolute atomic E-state index is 12.6. The summed E-state index contributed by atoms with van der Waals surface area (Å²) in [6.07, 6.45) is 0. The average Bonchev–Trinajstić information content (AvgIpc) is 2.65. The smallest absolute Gasteiger partial charge is 0.241 e. The minimum Gasteiger partial charge on any atom is -0.399 e. The second-order valence-electron chi connectivity index (χ2n) is 6.96. The molecule has 0 aliphatic heterocycles. The minimum absolute atomic E-state index is 0.0383. The van der Waals surface area contributed by atoms with Crippen LogP contribution in [0.15, 0.2) is 17.0 Å². The van der Waals surface area contributed by atoms with E-state index in [1.54, 1.807) is 6.07 Å². The molecule has 112 valence electrons. The van der Waals surface area contributed by atoms with Crippen molar-refractivity contribution in [1.29, 1.82) is 0 Å². The highest BCUT2D eigenvalue weighted by Crippen LogP contribution is 2.63. The Bertz CT molecular complexity index is 647. The van der Waals surface area contributed by atoms with Gasteiger partial charge in [0.1, 0.15) is 0 Å². The maximum atomic E-state index is 12.6. The first kappa shape index (κ1) is 15.3. The molecule has 5 heteroatoms. The SMILES string of the molecule is Cc1cc(N)cc(S(=O)(=O)NC2C(C)(C)C2(C)C)c1C. The molecule has 0 aromatic heterocycles. The molecule has 0 bridgehead atoms. The summed E-state index contributed by atoms with van der Waals surface area (Å²) >= 11 is 0. The molecule has 0 atom stereocenters. The highest BCUT2D eigenvalue weighted by atomic mass is 32.2. The Labute approximate surface area is 121 Å². The predicted octanol–water partition coefficient (Wildman–Crippen LogP) is 2.60. The fraction of sp³-hybridized carbons (Fsp3) is 0.600. The number of nitrogen functional groups attached to an aromatic ring is 1. The highest BCUT2D eigenvalue weighted by molar-refractivity contribution is 7.89. The van der Waals surface area contributed by atoms with Gasteiger partial charge >= 0.3 is 0 Å². The van der Waals surface area contributed by atoms with Crippen LogP contribution in [0.25, 0.3) is 0 Å². The fourth-order valence-electron chi connectivity index (χ4n) is 2.84. The van der Waals surface area contributed by atoms with Crippen LogP contribution in [-0.2, 0) is 10.0 Å². The van der Waals surface area contributed by atoms with E-state index in [2.05, 4.69) is 32.4 Å². The molecule has 0 radical (unpaired) electrons. The standard InChI is InChI=1S/C15H24N2O2S/c1-9-7-11(16)8-12(10(9)2)20(18,19)17-13-14(3,4)15(13,5)6/h7-8,13,17H,16H2,1-6H3. The van der Waals surface area contributed by atoms with Crippen molar-refractivity contribution in [3.05, 3.63) is 23.3 Å². The molecule has 0 unspecified atom stereocenters. The molecule has 1 aliphatic carbocycles. The second kappa shape index (κ2) is 4.21. The van der Waals surface area contributed by atoms with E-state index in [0.29, 0.717) is 5.69 Å². The van der Waals surface area contributed by atoms with Crippen molar-refractivity contribution in [2.75, 3.05) is 5.73 Å². The minimum atomic E-state index is -3.54. The highest BCUT2D eigenvalue weighted by Gasteiger charge is 2.66. The van der Waals surface area contributed by atoms with E-state index >= 15 is 0 Å². The number of hydrogen-bond donors (Lipinski definition) is 2. The largest absolute Gasteiger partial charge is 0.399 e. The topological polar surface area (TPSA) is 72.2 Å². The Hall–Kier alpha value is -1.07. The summed E-state index contributed by atoms with van der Waals surface area (Å²) in [5, 5.41) is 0. The quantitative estimate of drug-likeness (QED) is 0.842. The lowest BCUT2D eigenvalue weighted by atomic mass is 10.0. The van der Waals surface area contributed by atoms with Crippen LogP contribution in [0.2, 0.25) is 0 Å². The van der Waals surface area contributed by atoms with E-state index < -0.39 is 10.0 Å². The third-order valence-corrected chi connectivity index (χ3v) is 6.77. The Morgan fingerprint density at radius 1 is 1.10 bits per heavy atom. The molecule has 3 N–H and O–H groups in total. The molecular weight excluding hydrogens is 272 g/mol. The van der Waals surface area contributed by atoms with Crippen LogP contribution in [0.1, 0.15) is 38.8 Å². The second-order valence-corrected chi connectivity index (χ2v) is 8.64. The van der Waals surface area contributed by atoms with Crippen molar-refractivity contribution >= 4 is 15.7 Å². The first-order valence-electron chi connectivity index (χ1n) is 6.80. The molecule has 1 saturated carbocycles. The Balaban J connectivity index is 2.39. The number of anilines is 1. The Morgan fingerprint density at radius 2 is 1.60 bits per heavy atom. The van der Waals surface area contributed by atoms with E-state index in [4.69, 9.17) is 5.73 Å². The normalized spacial score (nSPS) is 20.9. The Morgan fingerprint density at radius 3 is 2.05 bits per heavy atom. The zero-order valence-corrected chi connectivity index (χ0v) is 13.9. The molecule has 20 heavy (non-hydrogen) atoms. The van der Waals surface area contributed by atoms with Crippen LogP contribution in [0.3, 0.4) is 0 Å². The van der Waals surface area contributed by atoms with Gasteiger partial charge in [0.25, 0.3) is 0 Å². The molecule has 2 rings (SSSR count). The van der Waals surface area contributed by atoms with E-state index in [0.717, 1.165) is 11.1 Å². The van der Waals surface area contributed by atoms with Gasteiger partial charge in [0.2, 0.25) is 10.0 Å². The summed E-state index contributed by atoms with van der Waals surface area (Å²) in [6.45, 7) is 12.0. The summed E-state index contributed by atoms with van der Waals surface area (Å²) < 4.78 is 28.1. The molecule has 4 nitrogen and oxygen atoms in total. The van der Waals surface area contributed by atoms with E-state index in [1.807, 2.05) is 13.8 Å². The van der Waals surface area contributed by atoms with Gasteiger partial charge < -0.3 is 5.73 Å². The molecule has 1 aromatic rings. The summed E-state index contributed by atoms with van der Waals surface area (Å²) in [6, 6.07) is 3.27. The lowest BCUT2D eigenvalue weighted by molar-refractivity contribution is 0.457. The van der Waals surface area contributed by atoms with Crippen molar-refractivity contribution in [2.24, 2.45) is 10.8 Å². The zero-order valence-electron chi connectivity index (χ0n) is 13.0. The van der Waals surface area contributed by atoms with E-state index in [9.17, 15) is 8.42 Å². The van der Waals surface area contributed by atoms with Crippen molar-refractivity contribution in [2.45, 2.75) is 52.5 Å². The molecule has 1 aromatic carbocycles. The average molecular weight is 296 g/mol. The van der Waals surface area contributed by atoms with Crippen molar-refractivity contribution in [1.82, 2.24) is 4.72 Å². The summed E-state index contributed by atoms with van der Waals surface area (Å²) in [7, 11) is -3.54. The van der Waals surface area contributed by atoms with Crippen LogP contribution in [0, 0.1) is 24.7 Å². The van der Waals surface area contributed by atoms with Crippen LogP contribution < -0.4 is 10.5 Å². The third kappa shape index (κ3) is 2.13. The van der Waals surface area contributed by atoms with E-state index in [-0.39, 0.29) is 21.8 Å². The van der Waals surface area contributed by atoms with Crippen LogP contribution in [0.4, 0.5) is 5.69 Å².